The molecule has 1 heterocycles. The Labute approximate surface area is 162 Å². The highest BCUT2D eigenvalue weighted by molar-refractivity contribution is 5.86. The van der Waals surface area contributed by atoms with Gasteiger partial charge in [0.2, 0.25) is 5.91 Å². The Balaban J connectivity index is 1.71. The van der Waals surface area contributed by atoms with Gasteiger partial charge in [-0.25, -0.2) is 0 Å². The molecule has 1 saturated heterocycles. The average Bonchev–Trinajstić information content (AvgIpc) is 2.85. The first-order valence-electron chi connectivity index (χ1n) is 9.92. The molecule has 0 spiro atoms. The van der Waals surface area contributed by atoms with Gasteiger partial charge in [0.1, 0.15) is 0 Å². The monoisotopic (exact) mass is 372 g/mol. The third kappa shape index (κ3) is 3.21. The molecule has 0 radical (unpaired) electrons. The summed E-state index contributed by atoms with van der Waals surface area (Å²) in [5, 5.41) is 9.55. The van der Waals surface area contributed by atoms with Gasteiger partial charge in [-0.3, -0.25) is 9.59 Å². The summed E-state index contributed by atoms with van der Waals surface area (Å²) >= 11 is 0. The molecule has 1 aromatic carbocycles. The van der Waals surface area contributed by atoms with Crippen molar-refractivity contribution in [2.24, 2.45) is 16.7 Å². The number of nitrogens with zero attached hydrogens (tertiary/aromatic N) is 2. The molecule has 1 saturated carbocycles. The van der Waals surface area contributed by atoms with Crippen LogP contribution in [0.5, 0.6) is 0 Å². The molecule has 148 valence electrons. The van der Waals surface area contributed by atoms with Gasteiger partial charge in [-0.1, -0.05) is 38.5 Å². The molecule has 3 rings (SSSR count). The highest BCUT2D eigenvalue weighted by Gasteiger charge is 2.59. The molecule has 2 fully saturated rings. The highest BCUT2D eigenvalue weighted by Crippen LogP contribution is 2.56. The maximum absolute atomic E-state index is 13.4. The third-order valence-electron chi connectivity index (χ3n) is 7.26. The fraction of sp³-hybridized carbons (Fsp3) is 0.636. The lowest BCUT2D eigenvalue weighted by molar-refractivity contribution is -0.153. The zero-order chi connectivity index (χ0) is 20.0. The van der Waals surface area contributed by atoms with Crippen LogP contribution in [0, 0.1) is 30.6 Å². The molecule has 2 unspecified atom stereocenters. The zero-order valence-corrected chi connectivity index (χ0v) is 17.2. The van der Waals surface area contributed by atoms with Gasteiger partial charge in [-0.2, -0.15) is 0 Å². The smallest absolute Gasteiger partial charge is 0.307 e. The van der Waals surface area contributed by atoms with Crippen LogP contribution in [0.25, 0.3) is 0 Å². The fourth-order valence-electron chi connectivity index (χ4n) is 4.97. The fourth-order valence-corrected chi connectivity index (χ4v) is 4.97. The van der Waals surface area contributed by atoms with E-state index in [0.29, 0.717) is 25.9 Å². The summed E-state index contributed by atoms with van der Waals surface area (Å²) in [5.74, 6) is -1.12. The number of hydrogen-bond donors (Lipinski definition) is 1. The standard InChI is InChI=1S/C22H32N2O3/c1-15-6-7-18(16(2)14-15)23-10-12-24(13-11-23)20(27)22(5)9-8-17(19(25)26)21(22,3)4/h6-7,14,17H,8-13H2,1-5H3,(H,25,26). The van der Waals surface area contributed by atoms with E-state index < -0.39 is 22.7 Å². The maximum Gasteiger partial charge on any atom is 0.307 e. The van der Waals surface area contributed by atoms with E-state index in [1.807, 2.05) is 25.7 Å². The van der Waals surface area contributed by atoms with Crippen molar-refractivity contribution in [1.82, 2.24) is 4.90 Å². The summed E-state index contributed by atoms with van der Waals surface area (Å²) < 4.78 is 0. The average molecular weight is 373 g/mol. The number of piperazine rings is 1. The second-order valence-electron chi connectivity index (χ2n) is 9.05. The lowest BCUT2D eigenvalue weighted by atomic mass is 9.65. The zero-order valence-electron chi connectivity index (χ0n) is 17.2. The Kier molecular flexibility index (Phi) is 5.00. The number of rotatable bonds is 3. The number of carboxylic acid groups (broad SMARTS) is 1. The minimum atomic E-state index is -0.781. The molecule has 27 heavy (non-hydrogen) atoms. The largest absolute Gasteiger partial charge is 0.481 e. The molecular formula is C22H32N2O3. The van der Waals surface area contributed by atoms with Crippen molar-refractivity contribution in [3.63, 3.8) is 0 Å². The van der Waals surface area contributed by atoms with Gasteiger partial charge >= 0.3 is 5.97 Å². The topological polar surface area (TPSA) is 60.9 Å². The Hall–Kier alpha value is -2.04. The van der Waals surface area contributed by atoms with Crippen LogP contribution in [0.1, 0.15) is 44.7 Å². The van der Waals surface area contributed by atoms with Gasteiger partial charge in [-0.15, -0.1) is 0 Å². The van der Waals surface area contributed by atoms with Crippen molar-refractivity contribution in [3.05, 3.63) is 29.3 Å². The van der Waals surface area contributed by atoms with Crippen LogP contribution in [0.2, 0.25) is 0 Å². The molecule has 1 aliphatic heterocycles. The van der Waals surface area contributed by atoms with Crippen LogP contribution in [-0.4, -0.2) is 48.1 Å². The molecule has 2 atom stereocenters. The molecule has 1 amide bonds. The number of hydrogen-bond acceptors (Lipinski definition) is 3. The number of aliphatic carboxylic acids is 1. The number of carbonyl (C=O) groups is 2. The molecule has 0 bridgehead atoms. The van der Waals surface area contributed by atoms with Crippen LogP contribution in [0.15, 0.2) is 18.2 Å². The molecule has 1 N–H and O–H groups in total. The normalized spacial score (nSPS) is 27.7. The Morgan fingerprint density at radius 1 is 1.07 bits per heavy atom. The van der Waals surface area contributed by atoms with Gasteiger partial charge in [0.15, 0.2) is 0 Å². The first kappa shape index (κ1) is 19.7. The predicted octanol–water partition coefficient (Wildman–Crippen LogP) is 3.48. The van der Waals surface area contributed by atoms with Crippen LogP contribution < -0.4 is 4.90 Å². The summed E-state index contributed by atoms with van der Waals surface area (Å²) in [5.41, 5.74) is 2.61. The van der Waals surface area contributed by atoms with Crippen LogP contribution in [0.4, 0.5) is 5.69 Å². The van der Waals surface area contributed by atoms with Gasteiger partial charge in [0, 0.05) is 31.9 Å². The molecule has 1 aliphatic carbocycles. The van der Waals surface area contributed by atoms with Crippen LogP contribution >= 0.6 is 0 Å². The van der Waals surface area contributed by atoms with E-state index in [2.05, 4.69) is 36.9 Å². The number of aryl methyl sites for hydroxylation is 2. The quantitative estimate of drug-likeness (QED) is 0.882. The number of carbonyl (C=O) groups excluding carboxylic acids is 1. The first-order valence-corrected chi connectivity index (χ1v) is 9.92. The number of benzene rings is 1. The number of carboxylic acids is 1. The number of anilines is 1. The van der Waals surface area contributed by atoms with Crippen molar-refractivity contribution in [2.75, 3.05) is 31.1 Å². The van der Waals surface area contributed by atoms with Gasteiger partial charge in [0.05, 0.1) is 11.3 Å². The van der Waals surface area contributed by atoms with Crippen molar-refractivity contribution < 1.29 is 14.7 Å². The highest BCUT2D eigenvalue weighted by atomic mass is 16.4. The minimum Gasteiger partial charge on any atom is -0.481 e. The summed E-state index contributed by atoms with van der Waals surface area (Å²) in [7, 11) is 0. The summed E-state index contributed by atoms with van der Waals surface area (Å²) in [6.45, 7) is 13.1. The molecular weight excluding hydrogens is 340 g/mol. The van der Waals surface area contributed by atoms with E-state index in [1.54, 1.807) is 0 Å². The van der Waals surface area contributed by atoms with Crippen molar-refractivity contribution >= 4 is 17.6 Å². The Bertz CT molecular complexity index is 750. The Morgan fingerprint density at radius 3 is 2.22 bits per heavy atom. The van der Waals surface area contributed by atoms with Crippen LogP contribution in [0.3, 0.4) is 0 Å². The third-order valence-corrected chi connectivity index (χ3v) is 7.26. The molecule has 0 aromatic heterocycles. The van der Waals surface area contributed by atoms with Crippen LogP contribution in [-0.2, 0) is 9.59 Å². The molecule has 1 aromatic rings. The molecule has 5 heteroatoms. The van der Waals surface area contributed by atoms with E-state index in [1.165, 1.54) is 16.8 Å². The summed E-state index contributed by atoms with van der Waals surface area (Å²) in [6, 6.07) is 6.50. The SMILES string of the molecule is Cc1ccc(N2CCN(C(=O)C3(C)CCC(C(=O)O)C3(C)C)CC2)c(C)c1. The van der Waals surface area contributed by atoms with E-state index in [9.17, 15) is 14.7 Å². The van der Waals surface area contributed by atoms with Crippen molar-refractivity contribution in [2.45, 2.75) is 47.5 Å². The second kappa shape index (κ2) is 6.84. The van der Waals surface area contributed by atoms with Crippen molar-refractivity contribution in [1.29, 1.82) is 0 Å². The van der Waals surface area contributed by atoms with Crippen molar-refractivity contribution in [3.8, 4) is 0 Å². The number of amides is 1. The van der Waals surface area contributed by atoms with E-state index in [-0.39, 0.29) is 5.91 Å². The Morgan fingerprint density at radius 2 is 1.70 bits per heavy atom. The summed E-state index contributed by atoms with van der Waals surface area (Å²) in [6.07, 6.45) is 1.22. The van der Waals surface area contributed by atoms with Gasteiger partial charge in [0.25, 0.3) is 0 Å². The van der Waals surface area contributed by atoms with Gasteiger partial charge in [-0.05, 0) is 43.7 Å². The molecule has 2 aliphatic rings. The van der Waals surface area contributed by atoms with E-state index in [4.69, 9.17) is 0 Å². The molecule has 5 nitrogen and oxygen atoms in total. The second-order valence-corrected chi connectivity index (χ2v) is 9.05. The lowest BCUT2D eigenvalue weighted by Crippen LogP contribution is -2.55. The lowest BCUT2D eigenvalue weighted by Gasteiger charge is -2.45. The predicted molar refractivity (Wildman–Crippen MR) is 107 cm³/mol. The van der Waals surface area contributed by atoms with E-state index in [0.717, 1.165) is 13.1 Å². The van der Waals surface area contributed by atoms with Gasteiger partial charge < -0.3 is 14.9 Å². The van der Waals surface area contributed by atoms with E-state index >= 15 is 0 Å². The first-order chi connectivity index (χ1) is 12.6. The summed E-state index contributed by atoms with van der Waals surface area (Å²) in [4.78, 5) is 29.3. The minimum absolute atomic E-state index is 0.122. The maximum atomic E-state index is 13.4.